The van der Waals surface area contributed by atoms with E-state index < -0.39 is 0 Å². The van der Waals surface area contributed by atoms with E-state index in [0.717, 1.165) is 13.2 Å². The zero-order chi connectivity index (χ0) is 9.23. The summed E-state index contributed by atoms with van der Waals surface area (Å²) in [5, 5.41) is 0. The standard InChI is InChI=1S/C10H21BrO/c1-3-5-8-12-9-6-7-10(11)4-2/h10H,3-9H2,1-2H3. The number of alkyl halides is 1. The summed E-state index contributed by atoms with van der Waals surface area (Å²) in [6.45, 7) is 6.27. The van der Waals surface area contributed by atoms with Crippen LogP contribution in [-0.2, 0) is 4.74 Å². The maximum Gasteiger partial charge on any atom is 0.0466 e. The van der Waals surface area contributed by atoms with Crippen molar-refractivity contribution in [1.82, 2.24) is 0 Å². The summed E-state index contributed by atoms with van der Waals surface area (Å²) < 4.78 is 5.45. The van der Waals surface area contributed by atoms with E-state index in [4.69, 9.17) is 4.74 Å². The fraction of sp³-hybridized carbons (Fsp3) is 1.00. The summed E-state index contributed by atoms with van der Waals surface area (Å²) in [5.74, 6) is 0. The second kappa shape index (κ2) is 9.53. The van der Waals surface area contributed by atoms with E-state index in [1.165, 1.54) is 32.1 Å². The molecule has 0 rings (SSSR count). The molecule has 0 aromatic heterocycles. The zero-order valence-electron chi connectivity index (χ0n) is 8.31. The van der Waals surface area contributed by atoms with Crippen molar-refractivity contribution in [2.45, 2.75) is 50.8 Å². The van der Waals surface area contributed by atoms with Gasteiger partial charge in [-0.2, -0.15) is 0 Å². The lowest BCUT2D eigenvalue weighted by Gasteiger charge is -2.06. The van der Waals surface area contributed by atoms with E-state index in [2.05, 4.69) is 29.8 Å². The van der Waals surface area contributed by atoms with Crippen molar-refractivity contribution >= 4 is 15.9 Å². The lowest BCUT2D eigenvalue weighted by atomic mass is 10.2. The molecule has 0 radical (unpaired) electrons. The molecular weight excluding hydrogens is 216 g/mol. The molecule has 0 aromatic carbocycles. The molecule has 0 aliphatic rings. The Bertz CT molecular complexity index is 85.9. The number of hydrogen-bond donors (Lipinski definition) is 0. The predicted octanol–water partition coefficient (Wildman–Crippen LogP) is 3.76. The first-order chi connectivity index (χ1) is 5.81. The average Bonchev–Trinajstić information content (AvgIpc) is 2.10. The van der Waals surface area contributed by atoms with Crippen LogP contribution in [0.5, 0.6) is 0 Å². The first-order valence-electron chi connectivity index (χ1n) is 5.03. The number of ether oxygens (including phenoxy) is 1. The van der Waals surface area contributed by atoms with Gasteiger partial charge in [-0.1, -0.05) is 36.2 Å². The first-order valence-corrected chi connectivity index (χ1v) is 5.94. The molecule has 0 heterocycles. The molecule has 12 heavy (non-hydrogen) atoms. The Balaban J connectivity index is 2.90. The quantitative estimate of drug-likeness (QED) is 0.461. The van der Waals surface area contributed by atoms with Crippen LogP contribution in [0.4, 0.5) is 0 Å². The monoisotopic (exact) mass is 236 g/mol. The highest BCUT2D eigenvalue weighted by Gasteiger charge is 1.99. The molecule has 1 unspecified atom stereocenters. The van der Waals surface area contributed by atoms with Gasteiger partial charge < -0.3 is 4.74 Å². The molecule has 0 spiro atoms. The van der Waals surface area contributed by atoms with Gasteiger partial charge in [-0.3, -0.25) is 0 Å². The van der Waals surface area contributed by atoms with Crippen LogP contribution in [0.3, 0.4) is 0 Å². The van der Waals surface area contributed by atoms with Crippen molar-refractivity contribution < 1.29 is 4.74 Å². The molecule has 0 N–H and O–H groups in total. The normalized spacial score (nSPS) is 13.2. The molecular formula is C10H21BrO. The summed E-state index contributed by atoms with van der Waals surface area (Å²) in [4.78, 5) is 0.687. The summed E-state index contributed by atoms with van der Waals surface area (Å²) in [7, 11) is 0. The minimum Gasteiger partial charge on any atom is -0.381 e. The second-order valence-corrected chi connectivity index (χ2v) is 4.41. The highest BCUT2D eigenvalue weighted by molar-refractivity contribution is 9.09. The van der Waals surface area contributed by atoms with Gasteiger partial charge in [0.15, 0.2) is 0 Å². The summed E-state index contributed by atoms with van der Waals surface area (Å²) >= 11 is 3.60. The second-order valence-electron chi connectivity index (χ2n) is 3.11. The number of hydrogen-bond acceptors (Lipinski definition) is 1. The van der Waals surface area contributed by atoms with Crippen LogP contribution in [0.25, 0.3) is 0 Å². The Hall–Kier alpha value is 0.440. The minimum absolute atomic E-state index is 0.687. The van der Waals surface area contributed by atoms with Crippen molar-refractivity contribution in [3.05, 3.63) is 0 Å². The fourth-order valence-corrected chi connectivity index (χ4v) is 1.28. The van der Waals surface area contributed by atoms with Gasteiger partial charge in [0.25, 0.3) is 0 Å². The van der Waals surface area contributed by atoms with Gasteiger partial charge in [0, 0.05) is 18.0 Å². The molecule has 0 aliphatic heterocycles. The van der Waals surface area contributed by atoms with E-state index in [9.17, 15) is 0 Å². The van der Waals surface area contributed by atoms with Crippen molar-refractivity contribution in [3.8, 4) is 0 Å². The molecule has 1 atom stereocenters. The van der Waals surface area contributed by atoms with Crippen LogP contribution in [0.1, 0.15) is 46.0 Å². The third-order valence-corrected chi connectivity index (χ3v) is 3.00. The van der Waals surface area contributed by atoms with Crippen molar-refractivity contribution in [2.75, 3.05) is 13.2 Å². The molecule has 2 heteroatoms. The Morgan fingerprint density at radius 2 is 1.83 bits per heavy atom. The number of unbranched alkanes of at least 4 members (excludes halogenated alkanes) is 1. The summed E-state index contributed by atoms with van der Waals surface area (Å²) in [6.07, 6.45) is 6.08. The van der Waals surface area contributed by atoms with Gasteiger partial charge in [0.05, 0.1) is 0 Å². The Kier molecular flexibility index (Phi) is 9.88. The maximum atomic E-state index is 5.45. The largest absolute Gasteiger partial charge is 0.381 e. The summed E-state index contributed by atoms with van der Waals surface area (Å²) in [6, 6.07) is 0. The van der Waals surface area contributed by atoms with Gasteiger partial charge in [-0.25, -0.2) is 0 Å². The van der Waals surface area contributed by atoms with Crippen molar-refractivity contribution in [3.63, 3.8) is 0 Å². The zero-order valence-corrected chi connectivity index (χ0v) is 9.90. The summed E-state index contributed by atoms with van der Waals surface area (Å²) in [5.41, 5.74) is 0. The SMILES string of the molecule is CCCCOCCCC(Br)CC. The van der Waals surface area contributed by atoms with E-state index in [-0.39, 0.29) is 0 Å². The van der Waals surface area contributed by atoms with Crippen LogP contribution >= 0.6 is 15.9 Å². The maximum absolute atomic E-state index is 5.45. The van der Waals surface area contributed by atoms with Crippen LogP contribution in [0.2, 0.25) is 0 Å². The van der Waals surface area contributed by atoms with E-state index in [1.807, 2.05) is 0 Å². The van der Waals surface area contributed by atoms with E-state index in [0.29, 0.717) is 4.83 Å². The van der Waals surface area contributed by atoms with Gasteiger partial charge in [-0.15, -0.1) is 0 Å². The van der Waals surface area contributed by atoms with Crippen LogP contribution < -0.4 is 0 Å². The van der Waals surface area contributed by atoms with Crippen LogP contribution in [-0.4, -0.2) is 18.0 Å². The van der Waals surface area contributed by atoms with Gasteiger partial charge in [0.1, 0.15) is 0 Å². The van der Waals surface area contributed by atoms with E-state index >= 15 is 0 Å². The molecule has 74 valence electrons. The Labute approximate surface area is 85.0 Å². The molecule has 0 bridgehead atoms. The third kappa shape index (κ3) is 8.54. The molecule has 0 amide bonds. The minimum atomic E-state index is 0.687. The average molecular weight is 237 g/mol. The third-order valence-electron chi connectivity index (χ3n) is 1.89. The van der Waals surface area contributed by atoms with Crippen LogP contribution in [0.15, 0.2) is 0 Å². The predicted molar refractivity (Wildman–Crippen MR) is 58.0 cm³/mol. The molecule has 0 saturated heterocycles. The highest BCUT2D eigenvalue weighted by Crippen LogP contribution is 2.11. The topological polar surface area (TPSA) is 9.23 Å². The lowest BCUT2D eigenvalue weighted by Crippen LogP contribution is -2.01. The fourth-order valence-electron chi connectivity index (χ4n) is 0.959. The Morgan fingerprint density at radius 1 is 1.17 bits per heavy atom. The molecule has 0 saturated carbocycles. The van der Waals surface area contributed by atoms with E-state index in [1.54, 1.807) is 0 Å². The number of halogens is 1. The number of rotatable bonds is 8. The van der Waals surface area contributed by atoms with Gasteiger partial charge in [-0.05, 0) is 25.7 Å². The molecule has 0 fully saturated rings. The van der Waals surface area contributed by atoms with Gasteiger partial charge in [0.2, 0.25) is 0 Å². The highest BCUT2D eigenvalue weighted by atomic mass is 79.9. The van der Waals surface area contributed by atoms with Crippen molar-refractivity contribution in [1.29, 1.82) is 0 Å². The molecule has 1 nitrogen and oxygen atoms in total. The van der Waals surface area contributed by atoms with Crippen LogP contribution in [0, 0.1) is 0 Å². The smallest absolute Gasteiger partial charge is 0.0466 e. The van der Waals surface area contributed by atoms with Crippen molar-refractivity contribution in [2.24, 2.45) is 0 Å². The van der Waals surface area contributed by atoms with Gasteiger partial charge >= 0.3 is 0 Å². The molecule has 0 aromatic rings. The lowest BCUT2D eigenvalue weighted by molar-refractivity contribution is 0.127. The Morgan fingerprint density at radius 3 is 2.42 bits per heavy atom. The molecule has 0 aliphatic carbocycles. The first kappa shape index (κ1) is 12.4.